The van der Waals surface area contributed by atoms with Crippen molar-refractivity contribution >= 4 is 12.6 Å². The topological polar surface area (TPSA) is 44.2 Å². The van der Waals surface area contributed by atoms with E-state index in [4.69, 9.17) is 9.31 Å². The molecule has 3 aromatic rings. The standard InChI is InChI=1S/C22H23BN2O2/c1-21(2)22(3,4)27-23(26-21)18-14-16(19-9-5-7-11-24-19)13-17(15-18)20-10-6-8-12-25-20/h5-15H,1-4H3. The van der Waals surface area contributed by atoms with E-state index in [1.807, 2.05) is 36.4 Å². The molecular formula is C22H23BN2O2. The molecule has 2 aromatic heterocycles. The van der Waals surface area contributed by atoms with Gasteiger partial charge in [-0.05, 0) is 63.5 Å². The predicted octanol–water partition coefficient (Wildman–Crippen LogP) is 4.11. The molecule has 1 aliphatic heterocycles. The van der Waals surface area contributed by atoms with Crippen LogP contribution in [0.3, 0.4) is 0 Å². The number of hydrogen-bond acceptors (Lipinski definition) is 4. The van der Waals surface area contributed by atoms with E-state index < -0.39 is 7.12 Å². The Kier molecular flexibility index (Phi) is 4.37. The van der Waals surface area contributed by atoms with Crippen LogP contribution in [0.25, 0.3) is 22.5 Å². The van der Waals surface area contributed by atoms with E-state index in [9.17, 15) is 0 Å². The Morgan fingerprint density at radius 1 is 0.704 bits per heavy atom. The first-order valence-corrected chi connectivity index (χ1v) is 9.19. The molecule has 0 spiro atoms. The first-order chi connectivity index (χ1) is 12.9. The first-order valence-electron chi connectivity index (χ1n) is 9.19. The van der Waals surface area contributed by atoms with Crippen LogP contribution in [0.1, 0.15) is 27.7 Å². The van der Waals surface area contributed by atoms with Gasteiger partial charge in [-0.3, -0.25) is 9.97 Å². The highest BCUT2D eigenvalue weighted by Gasteiger charge is 2.51. The monoisotopic (exact) mass is 358 g/mol. The van der Waals surface area contributed by atoms with Crippen molar-refractivity contribution in [3.8, 4) is 22.5 Å². The molecule has 3 heterocycles. The molecule has 1 aliphatic rings. The Balaban J connectivity index is 1.82. The van der Waals surface area contributed by atoms with E-state index in [-0.39, 0.29) is 11.2 Å². The van der Waals surface area contributed by atoms with Crippen LogP contribution in [0.2, 0.25) is 0 Å². The smallest absolute Gasteiger partial charge is 0.399 e. The molecule has 1 fully saturated rings. The third-order valence-corrected chi connectivity index (χ3v) is 5.40. The number of benzene rings is 1. The van der Waals surface area contributed by atoms with Crippen LogP contribution in [-0.2, 0) is 9.31 Å². The van der Waals surface area contributed by atoms with Gasteiger partial charge in [-0.1, -0.05) is 24.3 Å². The molecule has 0 amide bonds. The zero-order valence-electron chi connectivity index (χ0n) is 16.1. The molecule has 136 valence electrons. The Hall–Kier alpha value is -2.50. The highest BCUT2D eigenvalue weighted by molar-refractivity contribution is 6.62. The summed E-state index contributed by atoms with van der Waals surface area (Å²) in [5, 5.41) is 0. The fourth-order valence-electron chi connectivity index (χ4n) is 3.13. The van der Waals surface area contributed by atoms with Crippen molar-refractivity contribution < 1.29 is 9.31 Å². The largest absolute Gasteiger partial charge is 0.494 e. The number of hydrogen-bond donors (Lipinski definition) is 0. The Morgan fingerprint density at radius 2 is 1.19 bits per heavy atom. The van der Waals surface area contributed by atoms with Gasteiger partial charge in [0.1, 0.15) is 0 Å². The second kappa shape index (κ2) is 6.59. The van der Waals surface area contributed by atoms with E-state index in [1.165, 1.54) is 0 Å². The second-order valence-electron chi connectivity index (χ2n) is 7.86. The zero-order chi connectivity index (χ0) is 19.1. The summed E-state index contributed by atoms with van der Waals surface area (Å²) in [5.41, 5.74) is 4.05. The summed E-state index contributed by atoms with van der Waals surface area (Å²) in [7, 11) is -0.430. The van der Waals surface area contributed by atoms with Gasteiger partial charge in [0.05, 0.1) is 22.6 Å². The van der Waals surface area contributed by atoms with Gasteiger partial charge in [0.15, 0.2) is 0 Å². The van der Waals surface area contributed by atoms with E-state index in [0.29, 0.717) is 0 Å². The number of nitrogens with zero attached hydrogens (tertiary/aromatic N) is 2. The maximum Gasteiger partial charge on any atom is 0.494 e. The average Bonchev–Trinajstić information content (AvgIpc) is 2.90. The van der Waals surface area contributed by atoms with Crippen molar-refractivity contribution in [2.24, 2.45) is 0 Å². The Morgan fingerprint density at radius 3 is 1.59 bits per heavy atom. The Labute approximate surface area is 160 Å². The molecule has 0 aliphatic carbocycles. The van der Waals surface area contributed by atoms with Gasteiger partial charge >= 0.3 is 7.12 Å². The highest BCUT2D eigenvalue weighted by Crippen LogP contribution is 2.37. The third kappa shape index (κ3) is 3.40. The third-order valence-electron chi connectivity index (χ3n) is 5.40. The van der Waals surface area contributed by atoms with Crippen LogP contribution < -0.4 is 5.46 Å². The van der Waals surface area contributed by atoms with Crippen LogP contribution in [0.5, 0.6) is 0 Å². The maximum atomic E-state index is 6.27. The quantitative estimate of drug-likeness (QED) is 0.661. The molecule has 27 heavy (non-hydrogen) atoms. The van der Waals surface area contributed by atoms with Crippen molar-refractivity contribution in [1.29, 1.82) is 0 Å². The zero-order valence-corrected chi connectivity index (χ0v) is 16.1. The maximum absolute atomic E-state index is 6.27. The lowest BCUT2D eigenvalue weighted by Gasteiger charge is -2.32. The molecule has 4 rings (SSSR count). The molecule has 0 unspecified atom stereocenters. The van der Waals surface area contributed by atoms with Crippen molar-refractivity contribution in [1.82, 2.24) is 9.97 Å². The van der Waals surface area contributed by atoms with E-state index >= 15 is 0 Å². The van der Waals surface area contributed by atoms with Crippen molar-refractivity contribution in [3.05, 3.63) is 67.0 Å². The molecule has 0 N–H and O–H groups in total. The minimum atomic E-state index is -0.430. The van der Waals surface area contributed by atoms with Gasteiger partial charge in [-0.25, -0.2) is 0 Å². The molecule has 0 radical (unpaired) electrons. The molecule has 4 nitrogen and oxygen atoms in total. The summed E-state index contributed by atoms with van der Waals surface area (Å²) >= 11 is 0. The Bertz CT molecular complexity index is 869. The number of aromatic nitrogens is 2. The fraction of sp³-hybridized carbons (Fsp3) is 0.273. The van der Waals surface area contributed by atoms with E-state index in [0.717, 1.165) is 28.0 Å². The molecule has 0 bridgehead atoms. The molecule has 5 heteroatoms. The lowest BCUT2D eigenvalue weighted by molar-refractivity contribution is 0.00578. The lowest BCUT2D eigenvalue weighted by atomic mass is 9.77. The molecule has 1 aromatic carbocycles. The number of rotatable bonds is 3. The summed E-state index contributed by atoms with van der Waals surface area (Å²) in [6.45, 7) is 8.26. The van der Waals surface area contributed by atoms with Gasteiger partial charge in [0.2, 0.25) is 0 Å². The predicted molar refractivity (Wildman–Crippen MR) is 109 cm³/mol. The fourth-order valence-corrected chi connectivity index (χ4v) is 3.13. The average molecular weight is 358 g/mol. The van der Waals surface area contributed by atoms with Crippen LogP contribution in [0.15, 0.2) is 67.0 Å². The van der Waals surface area contributed by atoms with Crippen LogP contribution >= 0.6 is 0 Å². The van der Waals surface area contributed by atoms with E-state index in [1.54, 1.807) is 12.4 Å². The summed E-state index contributed by atoms with van der Waals surface area (Å²) in [6.07, 6.45) is 3.61. The lowest BCUT2D eigenvalue weighted by Crippen LogP contribution is -2.41. The van der Waals surface area contributed by atoms with Crippen molar-refractivity contribution in [3.63, 3.8) is 0 Å². The second-order valence-corrected chi connectivity index (χ2v) is 7.86. The number of pyridine rings is 2. The first kappa shape index (κ1) is 17.9. The van der Waals surface area contributed by atoms with Gasteiger partial charge < -0.3 is 9.31 Å². The molecule has 0 atom stereocenters. The van der Waals surface area contributed by atoms with Crippen molar-refractivity contribution in [2.45, 2.75) is 38.9 Å². The summed E-state index contributed by atoms with van der Waals surface area (Å²) in [6, 6.07) is 18.1. The molecule has 1 saturated heterocycles. The van der Waals surface area contributed by atoms with Crippen LogP contribution in [-0.4, -0.2) is 28.3 Å². The van der Waals surface area contributed by atoms with Gasteiger partial charge in [-0.15, -0.1) is 0 Å². The van der Waals surface area contributed by atoms with Gasteiger partial charge in [-0.2, -0.15) is 0 Å². The van der Waals surface area contributed by atoms with Gasteiger partial charge in [0.25, 0.3) is 0 Å². The minimum absolute atomic E-state index is 0.385. The van der Waals surface area contributed by atoms with E-state index in [2.05, 4.69) is 55.9 Å². The summed E-state index contributed by atoms with van der Waals surface area (Å²) in [5.74, 6) is 0. The molecule has 0 saturated carbocycles. The summed E-state index contributed by atoms with van der Waals surface area (Å²) < 4.78 is 12.5. The van der Waals surface area contributed by atoms with Crippen LogP contribution in [0, 0.1) is 0 Å². The van der Waals surface area contributed by atoms with Crippen molar-refractivity contribution in [2.75, 3.05) is 0 Å². The highest BCUT2D eigenvalue weighted by atomic mass is 16.7. The van der Waals surface area contributed by atoms with Gasteiger partial charge in [0, 0.05) is 23.5 Å². The molecular weight excluding hydrogens is 335 g/mol. The normalized spacial score (nSPS) is 17.9. The SMILES string of the molecule is CC1(C)OB(c2cc(-c3ccccn3)cc(-c3ccccn3)c2)OC1(C)C. The van der Waals surface area contributed by atoms with Crippen LogP contribution in [0.4, 0.5) is 0 Å². The summed E-state index contributed by atoms with van der Waals surface area (Å²) in [4.78, 5) is 9.01. The minimum Gasteiger partial charge on any atom is -0.399 e.